The Morgan fingerprint density at radius 2 is 2.08 bits per heavy atom. The molecule has 8 heteroatoms. The minimum Gasteiger partial charge on any atom is -0.486 e. The molecule has 0 unspecified atom stereocenters. The number of hydrogen-bond donors (Lipinski definition) is 2. The van der Waals surface area contributed by atoms with E-state index in [2.05, 4.69) is 20.8 Å². The van der Waals surface area contributed by atoms with E-state index in [0.29, 0.717) is 29.1 Å². The number of anilines is 1. The van der Waals surface area contributed by atoms with Gasteiger partial charge in [-0.15, -0.1) is 10.2 Å². The van der Waals surface area contributed by atoms with Gasteiger partial charge in [-0.25, -0.2) is 4.79 Å². The van der Waals surface area contributed by atoms with Crippen molar-refractivity contribution in [2.24, 2.45) is 0 Å². The molecule has 0 radical (unpaired) electrons. The van der Waals surface area contributed by atoms with Gasteiger partial charge in [-0.1, -0.05) is 29.0 Å². The third kappa shape index (κ3) is 4.56. The molecule has 0 aliphatic carbocycles. The first-order chi connectivity index (χ1) is 11.7. The zero-order chi connectivity index (χ0) is 16.8. The Morgan fingerprint density at radius 1 is 1.25 bits per heavy atom. The predicted octanol–water partition coefficient (Wildman–Crippen LogP) is 3.34. The maximum Gasteiger partial charge on any atom is 0.321 e. The van der Waals surface area contributed by atoms with E-state index < -0.39 is 0 Å². The second-order valence-corrected chi connectivity index (χ2v) is 6.05. The first-order valence-electron chi connectivity index (χ1n) is 7.28. The predicted molar refractivity (Wildman–Crippen MR) is 90.0 cm³/mol. The van der Waals surface area contributed by atoms with Crippen LogP contribution in [-0.2, 0) is 13.2 Å². The third-order valence-corrected chi connectivity index (χ3v) is 3.89. The number of carbonyl (C=O) groups is 1. The van der Waals surface area contributed by atoms with E-state index in [1.807, 2.05) is 31.2 Å². The van der Waals surface area contributed by atoms with Gasteiger partial charge in [0.25, 0.3) is 0 Å². The molecule has 2 N–H and O–H groups in total. The summed E-state index contributed by atoms with van der Waals surface area (Å²) >= 11 is 1.26. The van der Waals surface area contributed by atoms with E-state index in [-0.39, 0.29) is 6.03 Å². The highest BCUT2D eigenvalue weighted by atomic mass is 32.1. The fourth-order valence-electron chi connectivity index (χ4n) is 1.86. The fraction of sp³-hybridized carbons (Fsp3) is 0.188. The molecule has 124 valence electrons. The standard InChI is InChI=1S/C16H16N4O3S/c1-11-4-6-12(7-5-11)23-10-14-19-20-16(24-14)18-15(21)17-9-13-3-2-8-22-13/h2-8H,9-10H2,1H3,(H2,17,18,20,21). The van der Waals surface area contributed by atoms with Crippen LogP contribution < -0.4 is 15.4 Å². The number of aryl methyl sites for hydroxylation is 1. The highest BCUT2D eigenvalue weighted by Gasteiger charge is 2.09. The van der Waals surface area contributed by atoms with E-state index in [1.54, 1.807) is 18.4 Å². The smallest absolute Gasteiger partial charge is 0.321 e. The van der Waals surface area contributed by atoms with Gasteiger partial charge in [-0.3, -0.25) is 5.32 Å². The summed E-state index contributed by atoms with van der Waals surface area (Å²) in [4.78, 5) is 11.8. The molecule has 3 rings (SSSR count). The molecule has 2 aromatic heterocycles. The molecule has 1 aromatic carbocycles. The van der Waals surface area contributed by atoms with Gasteiger partial charge < -0.3 is 14.5 Å². The summed E-state index contributed by atoms with van der Waals surface area (Å²) in [6, 6.07) is 10.9. The molecule has 0 bridgehead atoms. The topological polar surface area (TPSA) is 89.3 Å². The molecule has 0 aliphatic rings. The van der Waals surface area contributed by atoms with Crippen LogP contribution in [-0.4, -0.2) is 16.2 Å². The maximum atomic E-state index is 11.8. The lowest BCUT2D eigenvalue weighted by molar-refractivity contribution is 0.251. The summed E-state index contributed by atoms with van der Waals surface area (Å²) in [5, 5.41) is 14.3. The van der Waals surface area contributed by atoms with Crippen LogP contribution in [0.25, 0.3) is 0 Å². The number of nitrogens with zero attached hydrogens (tertiary/aromatic N) is 2. The quantitative estimate of drug-likeness (QED) is 0.716. The second kappa shape index (κ2) is 7.60. The SMILES string of the molecule is Cc1ccc(OCc2nnc(NC(=O)NCc3ccco3)s2)cc1. The number of urea groups is 1. The highest BCUT2D eigenvalue weighted by molar-refractivity contribution is 7.15. The molecule has 0 spiro atoms. The Bertz CT molecular complexity index is 784. The van der Waals surface area contributed by atoms with E-state index in [0.717, 1.165) is 5.75 Å². The van der Waals surface area contributed by atoms with Gasteiger partial charge in [0, 0.05) is 0 Å². The molecule has 2 heterocycles. The van der Waals surface area contributed by atoms with Gasteiger partial charge in [0.15, 0.2) is 5.01 Å². The van der Waals surface area contributed by atoms with Crippen LogP contribution in [0.2, 0.25) is 0 Å². The van der Waals surface area contributed by atoms with Crippen LogP contribution in [0.4, 0.5) is 9.93 Å². The summed E-state index contributed by atoms with van der Waals surface area (Å²) in [6.07, 6.45) is 1.56. The molecule has 3 aromatic rings. The first-order valence-corrected chi connectivity index (χ1v) is 8.10. The molecule has 0 fully saturated rings. The van der Waals surface area contributed by atoms with Gasteiger partial charge in [0.05, 0.1) is 12.8 Å². The molecule has 0 saturated carbocycles. The van der Waals surface area contributed by atoms with Crippen LogP contribution in [0.5, 0.6) is 5.75 Å². The average molecular weight is 344 g/mol. The summed E-state index contributed by atoms with van der Waals surface area (Å²) in [5.74, 6) is 1.44. The van der Waals surface area contributed by atoms with E-state index in [1.165, 1.54) is 16.9 Å². The van der Waals surface area contributed by atoms with Crippen molar-refractivity contribution in [3.05, 3.63) is 59.0 Å². The normalized spacial score (nSPS) is 10.4. The Hall–Kier alpha value is -2.87. The van der Waals surface area contributed by atoms with Gasteiger partial charge in [-0.05, 0) is 31.2 Å². The Morgan fingerprint density at radius 3 is 2.83 bits per heavy atom. The van der Waals surface area contributed by atoms with Crippen LogP contribution in [0, 0.1) is 6.92 Å². The Kier molecular flexibility index (Phi) is 5.07. The minimum atomic E-state index is -0.367. The van der Waals surface area contributed by atoms with Gasteiger partial charge in [-0.2, -0.15) is 0 Å². The zero-order valence-corrected chi connectivity index (χ0v) is 13.8. The molecule has 0 aliphatic heterocycles. The highest BCUT2D eigenvalue weighted by Crippen LogP contribution is 2.18. The number of aromatic nitrogens is 2. The van der Waals surface area contributed by atoms with Gasteiger partial charge in [0.1, 0.15) is 18.1 Å². The largest absolute Gasteiger partial charge is 0.486 e. The van der Waals surface area contributed by atoms with Crippen molar-refractivity contribution in [3.63, 3.8) is 0 Å². The van der Waals surface area contributed by atoms with E-state index >= 15 is 0 Å². The van der Waals surface area contributed by atoms with Crippen molar-refractivity contribution in [2.45, 2.75) is 20.1 Å². The number of hydrogen-bond acceptors (Lipinski definition) is 6. The molecule has 2 amide bonds. The monoisotopic (exact) mass is 344 g/mol. The lowest BCUT2D eigenvalue weighted by Gasteiger charge is -2.03. The van der Waals surface area contributed by atoms with Crippen molar-refractivity contribution in [3.8, 4) is 5.75 Å². The lowest BCUT2D eigenvalue weighted by atomic mass is 10.2. The number of carbonyl (C=O) groups excluding carboxylic acids is 1. The lowest BCUT2D eigenvalue weighted by Crippen LogP contribution is -2.27. The average Bonchev–Trinajstić information content (AvgIpc) is 3.24. The Balaban J connectivity index is 1.46. The molecule has 24 heavy (non-hydrogen) atoms. The van der Waals surface area contributed by atoms with Crippen LogP contribution in [0.3, 0.4) is 0 Å². The third-order valence-electron chi connectivity index (χ3n) is 3.07. The number of rotatable bonds is 6. The summed E-state index contributed by atoms with van der Waals surface area (Å²) < 4.78 is 10.8. The molecule has 0 saturated heterocycles. The van der Waals surface area contributed by atoms with Crippen molar-refractivity contribution < 1.29 is 13.9 Å². The van der Waals surface area contributed by atoms with Gasteiger partial charge in [0.2, 0.25) is 5.13 Å². The number of ether oxygens (including phenoxy) is 1. The zero-order valence-electron chi connectivity index (χ0n) is 13.0. The van der Waals surface area contributed by atoms with Crippen molar-refractivity contribution >= 4 is 22.5 Å². The molecule has 7 nitrogen and oxygen atoms in total. The first kappa shape index (κ1) is 16.0. The molecule has 0 atom stereocenters. The Labute approximate surface area is 142 Å². The summed E-state index contributed by atoms with van der Waals surface area (Å²) in [5.41, 5.74) is 1.17. The van der Waals surface area contributed by atoms with Crippen LogP contribution in [0.1, 0.15) is 16.3 Å². The second-order valence-electron chi connectivity index (χ2n) is 4.99. The van der Waals surface area contributed by atoms with E-state index in [4.69, 9.17) is 9.15 Å². The number of furan rings is 1. The number of nitrogens with one attached hydrogen (secondary N) is 2. The summed E-state index contributed by atoms with van der Waals surface area (Å²) in [6.45, 7) is 2.63. The van der Waals surface area contributed by atoms with Crippen LogP contribution in [0.15, 0.2) is 47.1 Å². The number of benzene rings is 1. The van der Waals surface area contributed by atoms with Crippen LogP contribution >= 0.6 is 11.3 Å². The van der Waals surface area contributed by atoms with Crippen molar-refractivity contribution in [1.82, 2.24) is 15.5 Å². The molecular weight excluding hydrogens is 328 g/mol. The minimum absolute atomic E-state index is 0.302. The van der Waals surface area contributed by atoms with Gasteiger partial charge >= 0.3 is 6.03 Å². The van der Waals surface area contributed by atoms with E-state index in [9.17, 15) is 4.79 Å². The summed E-state index contributed by atoms with van der Waals surface area (Å²) in [7, 11) is 0. The maximum absolute atomic E-state index is 11.8. The fourth-order valence-corrected chi connectivity index (χ4v) is 2.51. The van der Waals surface area contributed by atoms with Crippen molar-refractivity contribution in [2.75, 3.05) is 5.32 Å². The van der Waals surface area contributed by atoms with Crippen molar-refractivity contribution in [1.29, 1.82) is 0 Å². The molecular formula is C16H16N4O3S. The number of amides is 2.